The lowest BCUT2D eigenvalue weighted by Crippen LogP contribution is -2.21. The number of ether oxygens (including phenoxy) is 1. The molecule has 0 aliphatic rings. The summed E-state index contributed by atoms with van der Waals surface area (Å²) in [7, 11) is 0. The molecule has 33 heavy (non-hydrogen) atoms. The highest BCUT2D eigenvalue weighted by molar-refractivity contribution is 9.10. The number of anilines is 1. The molecule has 0 spiro atoms. The van der Waals surface area contributed by atoms with Gasteiger partial charge in [0.1, 0.15) is 12.0 Å². The van der Waals surface area contributed by atoms with Gasteiger partial charge >= 0.3 is 5.97 Å². The first-order chi connectivity index (χ1) is 15.8. The monoisotopic (exact) mass is 571 g/mol. The zero-order valence-electron chi connectivity index (χ0n) is 17.6. The SMILES string of the molecule is CCC(CC)C(=O)Nc1nnc(SCc2cc(=O)c(OC(=O)c3cc(Br)ccc3Cl)co2)s1. The van der Waals surface area contributed by atoms with Crippen LogP contribution in [0.4, 0.5) is 5.13 Å². The van der Waals surface area contributed by atoms with Crippen LogP contribution in [-0.2, 0) is 10.5 Å². The van der Waals surface area contributed by atoms with E-state index in [0.717, 1.165) is 19.1 Å². The van der Waals surface area contributed by atoms with E-state index in [1.54, 1.807) is 12.1 Å². The molecular weight excluding hydrogens is 554 g/mol. The summed E-state index contributed by atoms with van der Waals surface area (Å²) in [6.45, 7) is 3.93. The van der Waals surface area contributed by atoms with Crippen molar-refractivity contribution in [1.29, 1.82) is 0 Å². The molecule has 0 radical (unpaired) electrons. The predicted octanol–water partition coefficient (Wildman–Crippen LogP) is 5.79. The van der Waals surface area contributed by atoms with Gasteiger partial charge in [0.25, 0.3) is 0 Å². The van der Waals surface area contributed by atoms with Crippen molar-refractivity contribution in [3.05, 3.63) is 61.6 Å². The Morgan fingerprint density at radius 3 is 2.73 bits per heavy atom. The highest BCUT2D eigenvalue weighted by Gasteiger charge is 2.18. The number of amides is 1. The van der Waals surface area contributed by atoms with Crippen molar-refractivity contribution in [2.75, 3.05) is 5.32 Å². The fraction of sp³-hybridized carbons (Fsp3) is 0.286. The van der Waals surface area contributed by atoms with E-state index < -0.39 is 11.4 Å². The summed E-state index contributed by atoms with van der Waals surface area (Å²) in [5.41, 5.74) is -0.389. The second-order valence-electron chi connectivity index (χ2n) is 6.75. The Kier molecular flexibility index (Phi) is 9.07. The van der Waals surface area contributed by atoms with Crippen LogP contribution in [0.1, 0.15) is 42.8 Å². The number of halogens is 2. The maximum absolute atomic E-state index is 12.4. The van der Waals surface area contributed by atoms with Crippen molar-refractivity contribution in [1.82, 2.24) is 10.2 Å². The zero-order chi connectivity index (χ0) is 24.0. The first-order valence-electron chi connectivity index (χ1n) is 9.86. The van der Waals surface area contributed by atoms with E-state index in [4.69, 9.17) is 20.8 Å². The Morgan fingerprint density at radius 1 is 1.27 bits per heavy atom. The fourth-order valence-electron chi connectivity index (χ4n) is 2.72. The third kappa shape index (κ3) is 6.89. The molecule has 0 unspecified atom stereocenters. The number of rotatable bonds is 9. The number of benzene rings is 1. The molecule has 0 aliphatic heterocycles. The average Bonchev–Trinajstić information content (AvgIpc) is 3.23. The second-order valence-corrected chi connectivity index (χ2v) is 10.3. The van der Waals surface area contributed by atoms with Crippen LogP contribution in [-0.4, -0.2) is 22.1 Å². The number of esters is 1. The number of thioether (sulfide) groups is 1. The van der Waals surface area contributed by atoms with Gasteiger partial charge in [-0.25, -0.2) is 4.79 Å². The fourth-order valence-corrected chi connectivity index (χ4v) is 4.92. The molecule has 1 aromatic carbocycles. The Morgan fingerprint density at radius 2 is 2.03 bits per heavy atom. The zero-order valence-corrected chi connectivity index (χ0v) is 21.6. The van der Waals surface area contributed by atoms with Gasteiger partial charge in [0.15, 0.2) is 4.34 Å². The molecule has 2 aromatic heterocycles. The van der Waals surface area contributed by atoms with Crippen molar-refractivity contribution in [3.63, 3.8) is 0 Å². The van der Waals surface area contributed by atoms with Crippen LogP contribution in [0.25, 0.3) is 0 Å². The highest BCUT2D eigenvalue weighted by atomic mass is 79.9. The Hall–Kier alpha value is -2.21. The molecule has 8 nitrogen and oxygen atoms in total. The van der Waals surface area contributed by atoms with Crippen molar-refractivity contribution < 1.29 is 18.7 Å². The molecule has 0 atom stereocenters. The minimum Gasteiger partial charge on any atom is -0.464 e. The lowest BCUT2D eigenvalue weighted by molar-refractivity contribution is -0.120. The first-order valence-corrected chi connectivity index (χ1v) is 12.8. The molecule has 0 saturated heterocycles. The lowest BCUT2D eigenvalue weighted by Gasteiger charge is -2.09. The van der Waals surface area contributed by atoms with Gasteiger partial charge in [-0.15, -0.1) is 10.2 Å². The molecule has 0 fully saturated rings. The highest BCUT2D eigenvalue weighted by Crippen LogP contribution is 2.29. The maximum Gasteiger partial charge on any atom is 0.345 e. The van der Waals surface area contributed by atoms with Gasteiger partial charge in [-0.1, -0.05) is 64.5 Å². The summed E-state index contributed by atoms with van der Waals surface area (Å²) in [5, 5.41) is 11.4. The molecule has 2 heterocycles. The number of nitrogens with zero attached hydrogens (tertiary/aromatic N) is 2. The van der Waals surface area contributed by atoms with Gasteiger partial charge in [-0.2, -0.15) is 0 Å². The molecule has 3 aromatic rings. The summed E-state index contributed by atoms with van der Waals surface area (Å²) in [6, 6.07) is 5.97. The van der Waals surface area contributed by atoms with Gasteiger partial charge in [0.05, 0.1) is 16.3 Å². The summed E-state index contributed by atoms with van der Waals surface area (Å²) >= 11 is 11.8. The molecule has 0 aliphatic carbocycles. The molecule has 0 saturated carbocycles. The van der Waals surface area contributed by atoms with Gasteiger partial charge < -0.3 is 14.5 Å². The van der Waals surface area contributed by atoms with E-state index in [2.05, 4.69) is 31.4 Å². The largest absolute Gasteiger partial charge is 0.464 e. The minimum atomic E-state index is -0.771. The number of carbonyl (C=O) groups excluding carboxylic acids is 2. The molecule has 0 bridgehead atoms. The number of aromatic nitrogens is 2. The van der Waals surface area contributed by atoms with Crippen LogP contribution in [0.2, 0.25) is 5.02 Å². The number of hydrogen-bond donors (Lipinski definition) is 1. The minimum absolute atomic E-state index is 0.0636. The van der Waals surface area contributed by atoms with Crippen molar-refractivity contribution in [3.8, 4) is 5.75 Å². The summed E-state index contributed by atoms with van der Waals surface area (Å²) < 4.78 is 11.8. The smallest absolute Gasteiger partial charge is 0.345 e. The van der Waals surface area contributed by atoms with Crippen LogP contribution in [0.3, 0.4) is 0 Å². The molecule has 1 amide bonds. The second kappa shape index (κ2) is 11.8. The molecule has 3 rings (SSSR count). The molecule has 174 valence electrons. The van der Waals surface area contributed by atoms with Gasteiger partial charge in [-0.05, 0) is 31.0 Å². The van der Waals surface area contributed by atoms with Crippen molar-refractivity contribution in [2.24, 2.45) is 5.92 Å². The number of nitrogens with one attached hydrogen (secondary N) is 1. The normalized spacial score (nSPS) is 10.9. The Balaban J connectivity index is 1.59. The van der Waals surface area contributed by atoms with Crippen LogP contribution in [0, 0.1) is 5.92 Å². The van der Waals surface area contributed by atoms with Crippen LogP contribution < -0.4 is 15.5 Å². The Bertz CT molecular complexity index is 1210. The van der Waals surface area contributed by atoms with E-state index in [1.165, 1.54) is 35.2 Å². The summed E-state index contributed by atoms with van der Waals surface area (Å²) in [5.74, 6) is -0.488. The van der Waals surface area contributed by atoms with E-state index in [9.17, 15) is 14.4 Å². The standard InChI is InChI=1S/C21H19BrClN3O5S2/c1-3-11(4-2)18(28)24-20-25-26-21(33-20)32-10-13-8-16(27)17(9-30-13)31-19(29)14-7-12(22)5-6-15(14)23/h5-9,11H,3-4,10H2,1-2H3,(H,24,25,28). The molecular formula is C21H19BrClN3O5S2. The van der Waals surface area contributed by atoms with Crippen LogP contribution in [0.5, 0.6) is 5.75 Å². The average molecular weight is 573 g/mol. The van der Waals surface area contributed by atoms with Crippen LogP contribution in [0.15, 0.2) is 48.6 Å². The van der Waals surface area contributed by atoms with Gasteiger partial charge in [0.2, 0.25) is 22.2 Å². The number of carbonyl (C=O) groups is 2. The third-order valence-corrected chi connectivity index (χ3v) is 7.35. The Labute approximate surface area is 211 Å². The maximum atomic E-state index is 12.4. The van der Waals surface area contributed by atoms with Crippen molar-refractivity contribution in [2.45, 2.75) is 36.8 Å². The van der Waals surface area contributed by atoms with Gasteiger partial charge in [0, 0.05) is 16.5 Å². The first kappa shape index (κ1) is 25.4. The number of hydrogen-bond acceptors (Lipinski definition) is 9. The van der Waals surface area contributed by atoms with Gasteiger partial charge in [-0.3, -0.25) is 9.59 Å². The van der Waals surface area contributed by atoms with E-state index in [-0.39, 0.29) is 28.2 Å². The molecule has 12 heteroatoms. The van der Waals surface area contributed by atoms with E-state index >= 15 is 0 Å². The summed E-state index contributed by atoms with van der Waals surface area (Å²) in [6.07, 6.45) is 2.59. The van der Waals surface area contributed by atoms with Crippen LogP contribution >= 0.6 is 50.6 Å². The lowest BCUT2D eigenvalue weighted by atomic mass is 10.0. The van der Waals surface area contributed by atoms with E-state index in [0.29, 0.717) is 25.5 Å². The quantitative estimate of drug-likeness (QED) is 0.195. The topological polar surface area (TPSA) is 111 Å². The van der Waals surface area contributed by atoms with E-state index in [1.807, 2.05) is 13.8 Å². The summed E-state index contributed by atoms with van der Waals surface area (Å²) in [4.78, 5) is 36.9. The molecule has 1 N–H and O–H groups in total. The predicted molar refractivity (Wildman–Crippen MR) is 131 cm³/mol. The van der Waals surface area contributed by atoms with Crippen molar-refractivity contribution >= 4 is 67.6 Å². The third-order valence-electron chi connectivity index (χ3n) is 4.53.